The van der Waals surface area contributed by atoms with Gasteiger partial charge in [0.15, 0.2) is 11.2 Å². The zero-order valence-corrected chi connectivity index (χ0v) is 17.8. The molecule has 0 fully saturated rings. The van der Waals surface area contributed by atoms with E-state index in [4.69, 9.17) is 0 Å². The lowest BCUT2D eigenvalue weighted by Crippen LogP contribution is -2.40. The second-order valence-electron chi connectivity index (χ2n) is 7.64. The van der Waals surface area contributed by atoms with Crippen molar-refractivity contribution in [2.24, 2.45) is 0 Å². The average molecular weight is 423 g/mol. The summed E-state index contributed by atoms with van der Waals surface area (Å²) in [6, 6.07) is 9.39. The molecule has 0 aliphatic rings. The van der Waals surface area contributed by atoms with E-state index in [0.717, 1.165) is 5.56 Å². The van der Waals surface area contributed by atoms with Crippen LogP contribution in [0.2, 0.25) is 0 Å². The highest BCUT2D eigenvalue weighted by Crippen LogP contribution is 2.21. The first-order chi connectivity index (χ1) is 14.9. The third kappa shape index (κ3) is 3.17. The molecule has 0 aliphatic carbocycles. The van der Waals surface area contributed by atoms with E-state index >= 15 is 0 Å². The number of benzene rings is 1. The summed E-state index contributed by atoms with van der Waals surface area (Å²) in [4.78, 5) is 43.8. The zero-order valence-electron chi connectivity index (χ0n) is 17.8. The molecule has 4 rings (SSSR count). The van der Waals surface area contributed by atoms with Crippen LogP contribution in [0.1, 0.15) is 37.8 Å². The van der Waals surface area contributed by atoms with Gasteiger partial charge in [-0.25, -0.2) is 9.20 Å². The molecule has 4 aromatic rings. The maximum atomic E-state index is 13.3. The Kier molecular flexibility index (Phi) is 5.26. The Morgan fingerprint density at radius 3 is 2.19 bits per heavy atom. The topological polar surface area (TPSA) is 104 Å². The Hall–Kier alpha value is -3.62. The lowest BCUT2D eigenvalue weighted by Gasteiger charge is -2.12. The molecule has 3 heterocycles. The van der Waals surface area contributed by atoms with Crippen LogP contribution in [-0.4, -0.2) is 28.2 Å². The van der Waals surface area contributed by atoms with E-state index in [9.17, 15) is 19.5 Å². The second kappa shape index (κ2) is 7.90. The van der Waals surface area contributed by atoms with Crippen molar-refractivity contribution in [2.75, 3.05) is 0 Å². The summed E-state index contributed by atoms with van der Waals surface area (Å²) < 4.78 is 5.35. The van der Waals surface area contributed by atoms with Gasteiger partial charge in [-0.2, -0.15) is 4.98 Å². The number of fused-ring (bicyclic) bond motifs is 3. The second-order valence-corrected chi connectivity index (χ2v) is 7.64. The third-order valence-electron chi connectivity index (χ3n) is 5.44. The SMILES string of the molecule is CCCn1c(=O)c2c(nc3n(Cc4ccccc4)c(=O)c(C)c(O)n23)n(CCC)c1=O. The largest absolute Gasteiger partial charge is 0.494 e. The van der Waals surface area contributed by atoms with Crippen molar-refractivity contribution in [3.63, 3.8) is 0 Å². The number of nitrogens with zero attached hydrogens (tertiary/aromatic N) is 5. The number of imidazole rings is 1. The van der Waals surface area contributed by atoms with Gasteiger partial charge >= 0.3 is 5.69 Å². The van der Waals surface area contributed by atoms with Gasteiger partial charge in [-0.05, 0) is 25.3 Å². The maximum Gasteiger partial charge on any atom is 0.332 e. The summed E-state index contributed by atoms with van der Waals surface area (Å²) in [7, 11) is 0. The Balaban J connectivity index is 2.19. The van der Waals surface area contributed by atoms with Crippen molar-refractivity contribution in [3.8, 4) is 5.88 Å². The number of aromatic hydroxyl groups is 1. The first kappa shape index (κ1) is 20.6. The van der Waals surface area contributed by atoms with Crippen LogP contribution >= 0.6 is 0 Å². The lowest BCUT2D eigenvalue weighted by molar-refractivity contribution is 0.437. The van der Waals surface area contributed by atoms with Gasteiger partial charge in [-0.1, -0.05) is 44.2 Å². The summed E-state index contributed by atoms with van der Waals surface area (Å²) in [5, 5.41) is 10.8. The minimum absolute atomic E-state index is 0.0962. The number of aromatic nitrogens is 5. The molecule has 1 aromatic carbocycles. The van der Waals surface area contributed by atoms with E-state index in [2.05, 4.69) is 4.98 Å². The summed E-state index contributed by atoms with van der Waals surface area (Å²) >= 11 is 0. The average Bonchev–Trinajstić information content (AvgIpc) is 3.17. The highest BCUT2D eigenvalue weighted by Gasteiger charge is 2.24. The molecule has 0 radical (unpaired) electrons. The predicted molar refractivity (Wildman–Crippen MR) is 118 cm³/mol. The smallest absolute Gasteiger partial charge is 0.332 e. The molecule has 162 valence electrons. The van der Waals surface area contributed by atoms with Gasteiger partial charge in [0.1, 0.15) is 0 Å². The van der Waals surface area contributed by atoms with Gasteiger partial charge < -0.3 is 5.11 Å². The van der Waals surface area contributed by atoms with Crippen LogP contribution in [0.5, 0.6) is 5.88 Å². The van der Waals surface area contributed by atoms with E-state index in [0.29, 0.717) is 19.4 Å². The molecule has 0 spiro atoms. The summed E-state index contributed by atoms with van der Waals surface area (Å²) in [5.41, 5.74) is -0.109. The molecule has 31 heavy (non-hydrogen) atoms. The molecule has 3 aromatic heterocycles. The molecule has 0 atom stereocenters. The first-order valence-corrected chi connectivity index (χ1v) is 10.4. The number of hydrogen-bond donors (Lipinski definition) is 1. The van der Waals surface area contributed by atoms with Crippen molar-refractivity contribution in [1.82, 2.24) is 23.1 Å². The highest BCUT2D eigenvalue weighted by atomic mass is 16.3. The van der Waals surface area contributed by atoms with Gasteiger partial charge in [0.2, 0.25) is 11.7 Å². The zero-order chi connectivity index (χ0) is 22.3. The van der Waals surface area contributed by atoms with Crippen molar-refractivity contribution in [2.45, 2.75) is 53.2 Å². The quantitative estimate of drug-likeness (QED) is 0.510. The fourth-order valence-corrected chi connectivity index (χ4v) is 3.92. The molecule has 0 saturated heterocycles. The van der Waals surface area contributed by atoms with Crippen molar-refractivity contribution >= 4 is 16.9 Å². The van der Waals surface area contributed by atoms with Gasteiger partial charge in [0.05, 0.1) is 12.1 Å². The molecular formula is C22H25N5O4. The molecule has 0 unspecified atom stereocenters. The monoisotopic (exact) mass is 423 g/mol. The Labute approximate surface area is 177 Å². The third-order valence-corrected chi connectivity index (χ3v) is 5.44. The Bertz CT molecular complexity index is 1460. The summed E-state index contributed by atoms with van der Waals surface area (Å²) in [6.07, 6.45) is 1.27. The van der Waals surface area contributed by atoms with Crippen LogP contribution in [0.25, 0.3) is 16.9 Å². The predicted octanol–water partition coefficient (Wildman–Crippen LogP) is 1.85. The normalized spacial score (nSPS) is 11.6. The fraction of sp³-hybridized carbons (Fsp3) is 0.364. The molecule has 0 bridgehead atoms. The van der Waals surface area contributed by atoms with Crippen LogP contribution in [-0.2, 0) is 19.6 Å². The highest BCUT2D eigenvalue weighted by molar-refractivity contribution is 5.76. The summed E-state index contributed by atoms with van der Waals surface area (Å²) in [6.45, 7) is 6.16. The van der Waals surface area contributed by atoms with Gasteiger partial charge in [-0.3, -0.25) is 23.3 Å². The van der Waals surface area contributed by atoms with Crippen LogP contribution in [0.4, 0.5) is 0 Å². The molecule has 0 aliphatic heterocycles. The molecule has 9 heteroatoms. The van der Waals surface area contributed by atoms with E-state index in [1.165, 1.54) is 25.0 Å². The van der Waals surface area contributed by atoms with Gasteiger partial charge in [0.25, 0.3) is 11.1 Å². The van der Waals surface area contributed by atoms with Crippen LogP contribution in [0.3, 0.4) is 0 Å². The Morgan fingerprint density at radius 1 is 0.903 bits per heavy atom. The van der Waals surface area contributed by atoms with Gasteiger partial charge in [-0.15, -0.1) is 0 Å². The van der Waals surface area contributed by atoms with Crippen molar-refractivity contribution < 1.29 is 5.11 Å². The minimum Gasteiger partial charge on any atom is -0.494 e. The molecule has 9 nitrogen and oxygen atoms in total. The summed E-state index contributed by atoms with van der Waals surface area (Å²) in [5.74, 6) is -0.212. The number of rotatable bonds is 6. The lowest BCUT2D eigenvalue weighted by atomic mass is 10.2. The minimum atomic E-state index is -0.527. The maximum absolute atomic E-state index is 13.3. The van der Waals surface area contributed by atoms with E-state index in [1.54, 1.807) is 0 Å². The fourth-order valence-electron chi connectivity index (χ4n) is 3.92. The van der Waals surface area contributed by atoms with Crippen LogP contribution in [0.15, 0.2) is 44.7 Å². The molecule has 0 saturated carbocycles. The standard InChI is InChI=1S/C22H25N5O4/c1-4-11-24-17-16(20(30)25(12-5-2)22(24)31)27-19(29)14(3)18(28)26(21(27)23-17)13-15-9-7-6-8-10-15/h6-10,29H,4-5,11-13H2,1-3H3. The van der Waals surface area contributed by atoms with Crippen LogP contribution < -0.4 is 16.8 Å². The van der Waals surface area contributed by atoms with E-state index in [1.807, 2.05) is 44.2 Å². The van der Waals surface area contributed by atoms with E-state index in [-0.39, 0.29) is 41.5 Å². The molecular weight excluding hydrogens is 398 g/mol. The number of hydrogen-bond acceptors (Lipinski definition) is 5. The Morgan fingerprint density at radius 2 is 1.55 bits per heavy atom. The molecule has 0 amide bonds. The van der Waals surface area contributed by atoms with Crippen molar-refractivity contribution in [1.29, 1.82) is 0 Å². The first-order valence-electron chi connectivity index (χ1n) is 10.4. The van der Waals surface area contributed by atoms with E-state index < -0.39 is 16.8 Å². The number of aryl methyl sites for hydroxylation is 1. The van der Waals surface area contributed by atoms with Gasteiger partial charge in [0, 0.05) is 13.1 Å². The van der Waals surface area contributed by atoms with Crippen LogP contribution in [0, 0.1) is 6.92 Å². The van der Waals surface area contributed by atoms with Crippen molar-refractivity contribution in [3.05, 3.63) is 72.7 Å². The molecule has 1 N–H and O–H groups in total.